The molecule has 2 atom stereocenters. The minimum absolute atomic E-state index is 0.222. The largest absolute Gasteiger partial charge is 0.394 e. The molecular formula is C21H44O6. The summed E-state index contributed by atoms with van der Waals surface area (Å²) in [5.74, 6) is -2.69. The van der Waals surface area contributed by atoms with Crippen LogP contribution in [0.1, 0.15) is 103 Å². The third kappa shape index (κ3) is 16.4. The smallest absolute Gasteiger partial charge is 0.305 e. The maximum absolute atomic E-state index is 9.78. The minimum Gasteiger partial charge on any atom is -0.394 e. The van der Waals surface area contributed by atoms with Gasteiger partial charge in [0.05, 0.1) is 13.2 Å². The summed E-state index contributed by atoms with van der Waals surface area (Å²) in [7, 11) is 0. The zero-order valence-electron chi connectivity index (χ0n) is 17.3. The summed E-state index contributed by atoms with van der Waals surface area (Å²) in [4.78, 5) is 0. The predicted octanol–water partition coefficient (Wildman–Crippen LogP) is 3.23. The minimum atomic E-state index is -2.69. The first kappa shape index (κ1) is 26.8. The van der Waals surface area contributed by atoms with Crippen LogP contribution in [0.15, 0.2) is 0 Å². The van der Waals surface area contributed by atoms with Gasteiger partial charge < -0.3 is 30.3 Å². The molecule has 0 saturated carbocycles. The van der Waals surface area contributed by atoms with E-state index in [4.69, 9.17) is 10.2 Å². The highest BCUT2D eigenvalue weighted by Gasteiger charge is 2.34. The number of hydrogen-bond acceptors (Lipinski definition) is 6. The average Bonchev–Trinajstić information content (AvgIpc) is 2.66. The summed E-state index contributed by atoms with van der Waals surface area (Å²) in [6.07, 6.45) is 14.9. The molecule has 27 heavy (non-hydrogen) atoms. The molecule has 2 unspecified atom stereocenters. The molecule has 6 nitrogen and oxygen atoms in total. The van der Waals surface area contributed by atoms with Crippen LogP contribution in [-0.4, -0.2) is 56.9 Å². The van der Waals surface area contributed by atoms with Gasteiger partial charge in [-0.25, -0.2) is 0 Å². The molecule has 0 radical (unpaired) electrons. The van der Waals surface area contributed by atoms with Crippen LogP contribution in [0.5, 0.6) is 0 Å². The van der Waals surface area contributed by atoms with Crippen LogP contribution in [0.25, 0.3) is 0 Å². The lowest BCUT2D eigenvalue weighted by Crippen LogP contribution is -2.46. The van der Waals surface area contributed by atoms with Crippen molar-refractivity contribution in [2.45, 2.75) is 121 Å². The molecule has 0 aliphatic carbocycles. The van der Waals surface area contributed by atoms with Crippen molar-refractivity contribution in [3.05, 3.63) is 0 Å². The van der Waals surface area contributed by atoms with E-state index in [0.717, 1.165) is 12.8 Å². The number of hydrogen-bond donors (Lipinski definition) is 5. The Morgan fingerprint density at radius 3 is 1.52 bits per heavy atom. The fourth-order valence-electron chi connectivity index (χ4n) is 3.09. The van der Waals surface area contributed by atoms with Crippen molar-refractivity contribution in [1.29, 1.82) is 0 Å². The third-order valence-electron chi connectivity index (χ3n) is 4.96. The quantitative estimate of drug-likeness (QED) is 0.161. The predicted molar refractivity (Wildman–Crippen MR) is 107 cm³/mol. The molecule has 0 aliphatic heterocycles. The van der Waals surface area contributed by atoms with Gasteiger partial charge in [0.2, 0.25) is 0 Å². The molecule has 0 aromatic heterocycles. The molecule has 0 amide bonds. The molecule has 0 fully saturated rings. The summed E-state index contributed by atoms with van der Waals surface area (Å²) in [6.45, 7) is 1.26. The Bertz CT molecular complexity index is 311. The van der Waals surface area contributed by atoms with Crippen molar-refractivity contribution in [3.63, 3.8) is 0 Å². The molecule has 0 rings (SSSR count). The van der Waals surface area contributed by atoms with Gasteiger partial charge >= 0.3 is 5.97 Å². The van der Waals surface area contributed by atoms with Gasteiger partial charge in [-0.1, -0.05) is 96.8 Å². The first-order valence-corrected chi connectivity index (χ1v) is 11.0. The van der Waals surface area contributed by atoms with Crippen LogP contribution in [0.4, 0.5) is 0 Å². The zero-order chi connectivity index (χ0) is 20.4. The lowest BCUT2D eigenvalue weighted by Gasteiger charge is -2.27. The molecular weight excluding hydrogens is 348 g/mol. The van der Waals surface area contributed by atoms with E-state index in [0.29, 0.717) is 6.42 Å². The first-order valence-electron chi connectivity index (χ1n) is 11.0. The maximum Gasteiger partial charge on any atom is 0.305 e. The zero-order valence-corrected chi connectivity index (χ0v) is 17.3. The molecule has 0 saturated heterocycles. The molecule has 0 aromatic rings. The Morgan fingerprint density at radius 2 is 1.11 bits per heavy atom. The van der Waals surface area contributed by atoms with E-state index < -0.39 is 31.4 Å². The van der Waals surface area contributed by atoms with Gasteiger partial charge in [-0.3, -0.25) is 0 Å². The first-order chi connectivity index (χ1) is 12.9. The van der Waals surface area contributed by atoms with Gasteiger partial charge in [0.25, 0.3) is 0 Å². The molecule has 0 aliphatic rings. The summed E-state index contributed by atoms with van der Waals surface area (Å²) >= 11 is 0. The van der Waals surface area contributed by atoms with E-state index >= 15 is 0 Å². The Kier molecular flexibility index (Phi) is 17.7. The van der Waals surface area contributed by atoms with E-state index in [1.807, 2.05) is 0 Å². The monoisotopic (exact) mass is 392 g/mol. The summed E-state index contributed by atoms with van der Waals surface area (Å²) in [5, 5.41) is 46.8. The molecule has 0 bridgehead atoms. The number of aliphatic hydroxyl groups excluding tert-OH is 3. The van der Waals surface area contributed by atoms with Crippen LogP contribution in [0.3, 0.4) is 0 Å². The Balaban J connectivity index is 3.42. The van der Waals surface area contributed by atoms with E-state index in [-0.39, 0.29) is 6.42 Å². The number of aliphatic hydroxyl groups is 5. The average molecular weight is 393 g/mol. The summed E-state index contributed by atoms with van der Waals surface area (Å²) < 4.78 is 4.66. The Morgan fingerprint density at radius 1 is 0.704 bits per heavy atom. The third-order valence-corrected chi connectivity index (χ3v) is 4.96. The van der Waals surface area contributed by atoms with Gasteiger partial charge in [0, 0.05) is 0 Å². The van der Waals surface area contributed by atoms with Crippen molar-refractivity contribution >= 4 is 0 Å². The maximum atomic E-state index is 9.78. The van der Waals surface area contributed by atoms with Crippen molar-refractivity contribution < 1.29 is 30.3 Å². The second-order valence-electron chi connectivity index (χ2n) is 7.71. The van der Waals surface area contributed by atoms with Gasteiger partial charge in [-0.05, 0) is 6.42 Å². The van der Waals surface area contributed by atoms with Gasteiger partial charge in [-0.15, -0.1) is 0 Å². The van der Waals surface area contributed by atoms with Crippen LogP contribution in [0, 0.1) is 0 Å². The highest BCUT2D eigenvalue weighted by molar-refractivity contribution is 4.67. The van der Waals surface area contributed by atoms with Crippen molar-refractivity contribution in [2.75, 3.05) is 13.2 Å². The fraction of sp³-hybridized carbons (Fsp3) is 1.00. The van der Waals surface area contributed by atoms with Crippen molar-refractivity contribution in [2.24, 2.45) is 0 Å². The van der Waals surface area contributed by atoms with Crippen LogP contribution >= 0.6 is 0 Å². The lowest BCUT2D eigenvalue weighted by atomic mass is 10.0. The van der Waals surface area contributed by atoms with Crippen molar-refractivity contribution in [3.8, 4) is 0 Å². The SMILES string of the molecule is CCCCCCCCCCCCCCCCC(O)C(O)(O)OCC(O)CO. The topological polar surface area (TPSA) is 110 Å². The van der Waals surface area contributed by atoms with E-state index in [2.05, 4.69) is 11.7 Å². The molecule has 6 heteroatoms. The fourth-order valence-corrected chi connectivity index (χ4v) is 3.09. The second kappa shape index (κ2) is 17.8. The van der Waals surface area contributed by atoms with E-state index in [1.54, 1.807) is 0 Å². The standard InChI is InChI=1S/C21H44O6/c1-2-3-4-5-6-7-8-9-10-11-12-13-14-15-16-20(24)21(25,26)27-18-19(23)17-22/h19-20,22-26H,2-18H2,1H3. The molecule has 5 N–H and O–H groups in total. The molecule has 0 aromatic carbocycles. The lowest BCUT2D eigenvalue weighted by molar-refractivity contribution is -0.381. The highest BCUT2D eigenvalue weighted by atomic mass is 16.8. The van der Waals surface area contributed by atoms with Gasteiger partial charge in [0.1, 0.15) is 12.2 Å². The number of rotatable bonds is 20. The molecule has 164 valence electrons. The van der Waals surface area contributed by atoms with Crippen LogP contribution in [0.2, 0.25) is 0 Å². The number of ether oxygens (including phenoxy) is 1. The normalized spacial score (nSPS) is 14.4. The summed E-state index contributed by atoms with van der Waals surface area (Å²) in [6, 6.07) is 0. The Labute approximate surface area is 165 Å². The van der Waals surface area contributed by atoms with Crippen LogP contribution in [-0.2, 0) is 4.74 Å². The van der Waals surface area contributed by atoms with Crippen LogP contribution < -0.4 is 0 Å². The van der Waals surface area contributed by atoms with Gasteiger partial charge in [-0.2, -0.15) is 0 Å². The Hall–Kier alpha value is -0.240. The highest BCUT2D eigenvalue weighted by Crippen LogP contribution is 2.17. The summed E-state index contributed by atoms with van der Waals surface area (Å²) in [5.41, 5.74) is 0. The molecule has 0 heterocycles. The number of unbranched alkanes of at least 4 members (excludes halogenated alkanes) is 13. The van der Waals surface area contributed by atoms with E-state index in [1.165, 1.54) is 70.6 Å². The molecule has 0 spiro atoms. The van der Waals surface area contributed by atoms with Crippen molar-refractivity contribution in [1.82, 2.24) is 0 Å². The second-order valence-corrected chi connectivity index (χ2v) is 7.71. The van der Waals surface area contributed by atoms with Gasteiger partial charge in [0.15, 0.2) is 0 Å². The van der Waals surface area contributed by atoms with E-state index in [9.17, 15) is 15.3 Å².